The summed E-state index contributed by atoms with van der Waals surface area (Å²) in [5.41, 5.74) is 6.93. The minimum Gasteiger partial charge on any atom is -0.399 e. The van der Waals surface area contributed by atoms with Gasteiger partial charge >= 0.3 is 0 Å². The van der Waals surface area contributed by atoms with Gasteiger partial charge < -0.3 is 10.8 Å². The molecule has 1 aromatic rings. The minimum atomic E-state index is -3.57. The molecule has 0 radical (unpaired) electrons. The lowest BCUT2D eigenvalue weighted by Gasteiger charge is -2.27. The van der Waals surface area contributed by atoms with Crippen LogP contribution in [0.3, 0.4) is 0 Å². The molecule has 1 saturated carbocycles. The van der Waals surface area contributed by atoms with Crippen molar-refractivity contribution < 1.29 is 13.5 Å². The zero-order valence-corrected chi connectivity index (χ0v) is 12.5. The van der Waals surface area contributed by atoms with Crippen molar-refractivity contribution in [2.45, 2.75) is 43.6 Å². The number of rotatable bonds is 4. The Morgan fingerprint density at radius 1 is 1.30 bits per heavy atom. The molecule has 4 N–H and O–H groups in total. The first-order chi connectivity index (χ1) is 9.38. The Balaban J connectivity index is 2.07. The average Bonchev–Trinajstić information content (AvgIpc) is 2.37. The first-order valence-electron chi connectivity index (χ1n) is 6.93. The van der Waals surface area contributed by atoms with E-state index in [0.717, 1.165) is 31.2 Å². The normalized spacial score (nSPS) is 23.7. The van der Waals surface area contributed by atoms with Gasteiger partial charge in [0.25, 0.3) is 0 Å². The molecule has 0 aliphatic heterocycles. The van der Waals surface area contributed by atoms with E-state index in [2.05, 4.69) is 4.72 Å². The predicted octanol–water partition coefficient (Wildman–Crippen LogP) is 1.41. The molecule has 1 fully saturated rings. The van der Waals surface area contributed by atoms with E-state index in [1.54, 1.807) is 19.1 Å². The molecule has 0 bridgehead atoms. The van der Waals surface area contributed by atoms with Gasteiger partial charge in [-0.05, 0) is 49.4 Å². The zero-order chi connectivity index (χ0) is 14.8. The van der Waals surface area contributed by atoms with E-state index in [9.17, 15) is 13.5 Å². The fourth-order valence-electron chi connectivity index (χ4n) is 2.66. The molecule has 2 unspecified atom stereocenters. The second kappa shape index (κ2) is 6.11. The van der Waals surface area contributed by atoms with Gasteiger partial charge in [-0.25, -0.2) is 13.1 Å². The summed E-state index contributed by atoms with van der Waals surface area (Å²) < 4.78 is 27.1. The van der Waals surface area contributed by atoms with Crippen LogP contribution in [-0.2, 0) is 10.0 Å². The number of benzene rings is 1. The summed E-state index contributed by atoms with van der Waals surface area (Å²) in [4.78, 5) is 0.181. The number of aliphatic hydroxyl groups excluding tert-OH is 1. The number of hydrogen-bond acceptors (Lipinski definition) is 4. The lowest BCUT2D eigenvalue weighted by Crippen LogP contribution is -2.36. The number of nitrogen functional groups attached to an aromatic ring is 1. The maximum absolute atomic E-state index is 12.2. The van der Waals surface area contributed by atoms with Gasteiger partial charge in [-0.1, -0.05) is 12.8 Å². The van der Waals surface area contributed by atoms with Crippen molar-refractivity contribution in [1.29, 1.82) is 0 Å². The molecular formula is C14H22N2O3S. The molecule has 2 rings (SSSR count). The maximum Gasteiger partial charge on any atom is 0.240 e. The molecule has 1 aliphatic rings. The molecule has 20 heavy (non-hydrogen) atoms. The molecule has 1 aromatic carbocycles. The number of aliphatic hydroxyl groups is 1. The van der Waals surface area contributed by atoms with Crippen LogP contribution in [0.2, 0.25) is 0 Å². The Labute approximate surface area is 120 Å². The van der Waals surface area contributed by atoms with Gasteiger partial charge in [0.15, 0.2) is 0 Å². The van der Waals surface area contributed by atoms with E-state index in [1.165, 1.54) is 6.07 Å². The van der Waals surface area contributed by atoms with Crippen LogP contribution in [0.4, 0.5) is 5.69 Å². The lowest BCUT2D eigenvalue weighted by atomic mass is 9.87. The molecule has 0 heterocycles. The second-order valence-corrected chi connectivity index (χ2v) is 7.31. The van der Waals surface area contributed by atoms with Crippen LogP contribution in [-0.4, -0.2) is 26.2 Å². The fourth-order valence-corrected chi connectivity index (χ4v) is 3.89. The molecule has 5 nitrogen and oxygen atoms in total. The van der Waals surface area contributed by atoms with Crippen LogP contribution in [0.1, 0.15) is 31.2 Å². The van der Waals surface area contributed by atoms with Crippen molar-refractivity contribution in [3.63, 3.8) is 0 Å². The lowest BCUT2D eigenvalue weighted by molar-refractivity contribution is 0.0724. The number of hydrogen-bond donors (Lipinski definition) is 3. The number of nitrogens with two attached hydrogens (primary N) is 1. The molecular weight excluding hydrogens is 276 g/mol. The van der Waals surface area contributed by atoms with Crippen LogP contribution in [0.25, 0.3) is 0 Å². The van der Waals surface area contributed by atoms with Crippen molar-refractivity contribution in [2.24, 2.45) is 5.92 Å². The number of nitrogens with one attached hydrogen (secondary N) is 1. The Hall–Kier alpha value is -1.11. The summed E-state index contributed by atoms with van der Waals surface area (Å²) in [7, 11) is -3.57. The Morgan fingerprint density at radius 3 is 2.65 bits per heavy atom. The summed E-state index contributed by atoms with van der Waals surface area (Å²) >= 11 is 0. The van der Waals surface area contributed by atoms with Gasteiger partial charge in [0.1, 0.15) is 0 Å². The third-order valence-corrected chi connectivity index (χ3v) is 5.19. The van der Waals surface area contributed by atoms with Gasteiger partial charge in [-0.3, -0.25) is 0 Å². The highest BCUT2D eigenvalue weighted by molar-refractivity contribution is 7.89. The first-order valence-corrected chi connectivity index (χ1v) is 8.42. The molecule has 1 aliphatic carbocycles. The van der Waals surface area contributed by atoms with Crippen molar-refractivity contribution in [3.8, 4) is 0 Å². The third kappa shape index (κ3) is 3.71. The Kier molecular flexibility index (Phi) is 4.67. The van der Waals surface area contributed by atoms with Crippen molar-refractivity contribution in [3.05, 3.63) is 23.8 Å². The quantitative estimate of drug-likeness (QED) is 0.733. The van der Waals surface area contributed by atoms with Gasteiger partial charge in [0.2, 0.25) is 10.0 Å². The molecule has 0 spiro atoms. The monoisotopic (exact) mass is 298 g/mol. The molecule has 6 heteroatoms. The largest absolute Gasteiger partial charge is 0.399 e. The van der Waals surface area contributed by atoms with Crippen LogP contribution in [0.5, 0.6) is 0 Å². The minimum absolute atomic E-state index is 0.000631. The first kappa shape index (κ1) is 15.3. The molecule has 0 saturated heterocycles. The SMILES string of the molecule is Cc1cc(N)cc(S(=O)(=O)NCC2CCCCC2O)c1. The predicted molar refractivity (Wildman–Crippen MR) is 78.7 cm³/mol. The fraction of sp³-hybridized carbons (Fsp3) is 0.571. The highest BCUT2D eigenvalue weighted by Crippen LogP contribution is 2.24. The summed E-state index contributed by atoms with van der Waals surface area (Å²) in [5, 5.41) is 9.87. The summed E-state index contributed by atoms with van der Waals surface area (Å²) in [6, 6.07) is 4.77. The van der Waals surface area contributed by atoms with E-state index in [0.29, 0.717) is 5.69 Å². The van der Waals surface area contributed by atoms with E-state index in [1.807, 2.05) is 0 Å². The second-order valence-electron chi connectivity index (χ2n) is 5.54. The number of sulfonamides is 1. The standard InChI is InChI=1S/C14H22N2O3S/c1-10-6-12(15)8-13(7-10)20(18,19)16-9-11-4-2-3-5-14(11)17/h6-8,11,14,16-17H,2-5,9,15H2,1H3. The summed E-state index contributed by atoms with van der Waals surface area (Å²) in [5.74, 6) is 0.000631. The molecule has 112 valence electrons. The van der Waals surface area contributed by atoms with Gasteiger partial charge in [-0.15, -0.1) is 0 Å². The van der Waals surface area contributed by atoms with Gasteiger partial charge in [-0.2, -0.15) is 0 Å². The Bertz CT molecular complexity index is 552. The number of aryl methyl sites for hydroxylation is 1. The van der Waals surface area contributed by atoms with Crippen LogP contribution >= 0.6 is 0 Å². The van der Waals surface area contributed by atoms with Crippen molar-refractivity contribution >= 4 is 15.7 Å². The van der Waals surface area contributed by atoms with Crippen molar-refractivity contribution in [1.82, 2.24) is 4.72 Å². The zero-order valence-electron chi connectivity index (χ0n) is 11.7. The topological polar surface area (TPSA) is 92.4 Å². The van der Waals surface area contributed by atoms with E-state index in [4.69, 9.17) is 5.73 Å². The van der Waals surface area contributed by atoms with Crippen LogP contribution in [0, 0.1) is 12.8 Å². The highest BCUT2D eigenvalue weighted by Gasteiger charge is 2.25. The summed E-state index contributed by atoms with van der Waals surface area (Å²) in [6.07, 6.45) is 3.26. The van der Waals surface area contributed by atoms with Gasteiger partial charge in [0.05, 0.1) is 11.0 Å². The van der Waals surface area contributed by atoms with Crippen LogP contribution < -0.4 is 10.5 Å². The van der Waals surface area contributed by atoms with E-state index in [-0.39, 0.29) is 17.4 Å². The third-order valence-electron chi connectivity index (χ3n) is 3.79. The van der Waals surface area contributed by atoms with E-state index < -0.39 is 16.1 Å². The average molecular weight is 298 g/mol. The number of anilines is 1. The molecule has 0 amide bonds. The highest BCUT2D eigenvalue weighted by atomic mass is 32.2. The van der Waals surface area contributed by atoms with E-state index >= 15 is 0 Å². The Morgan fingerprint density at radius 2 is 2.00 bits per heavy atom. The van der Waals surface area contributed by atoms with Crippen molar-refractivity contribution in [2.75, 3.05) is 12.3 Å². The smallest absolute Gasteiger partial charge is 0.240 e. The molecule has 2 atom stereocenters. The van der Waals surface area contributed by atoms with Gasteiger partial charge in [0, 0.05) is 12.2 Å². The van der Waals surface area contributed by atoms with Crippen LogP contribution in [0.15, 0.2) is 23.1 Å². The maximum atomic E-state index is 12.2. The summed E-state index contributed by atoms with van der Waals surface area (Å²) in [6.45, 7) is 2.08. The molecule has 0 aromatic heterocycles.